The van der Waals surface area contributed by atoms with E-state index in [1.165, 1.54) is 12.1 Å². The standard InChI is InChI=1S/C23H13Cl3F5N3O2/c24-9-7-8(1-2-10(9)27)16-17(23(16,25)26)22(36)34-13-5-3-11(28)15(18(13)30)21(35)33-14-6-4-12(29)20(32)19(14)31/h1-7,16-17H,32H2,(H,33,35)(H,34,36)/t16-,17+/m0/s1. The molecule has 0 spiro atoms. The van der Waals surface area contributed by atoms with Crippen LogP contribution in [0.2, 0.25) is 5.02 Å². The highest BCUT2D eigenvalue weighted by molar-refractivity contribution is 6.53. The second kappa shape index (κ2) is 9.42. The summed E-state index contributed by atoms with van der Waals surface area (Å²) < 4.78 is 68.7. The van der Waals surface area contributed by atoms with Crippen molar-refractivity contribution in [2.45, 2.75) is 10.3 Å². The molecule has 4 rings (SSSR count). The van der Waals surface area contributed by atoms with Crippen LogP contribution < -0.4 is 16.4 Å². The van der Waals surface area contributed by atoms with Gasteiger partial charge >= 0.3 is 0 Å². The molecule has 2 atom stereocenters. The molecule has 0 bridgehead atoms. The zero-order valence-electron chi connectivity index (χ0n) is 17.6. The predicted molar refractivity (Wildman–Crippen MR) is 126 cm³/mol. The number of rotatable bonds is 5. The fourth-order valence-corrected chi connectivity index (χ4v) is 4.71. The van der Waals surface area contributed by atoms with Crippen molar-refractivity contribution in [1.82, 2.24) is 0 Å². The Kier molecular flexibility index (Phi) is 6.80. The second-order valence-corrected chi connectivity index (χ2v) is 9.70. The van der Waals surface area contributed by atoms with Crippen LogP contribution in [-0.4, -0.2) is 16.1 Å². The molecule has 3 aromatic rings. The number of nitrogens with two attached hydrogens (primary N) is 1. The zero-order chi connectivity index (χ0) is 26.5. The van der Waals surface area contributed by atoms with Crippen molar-refractivity contribution in [2.24, 2.45) is 5.92 Å². The molecule has 1 fully saturated rings. The number of hydrogen-bond acceptors (Lipinski definition) is 3. The first-order chi connectivity index (χ1) is 16.8. The molecule has 2 amide bonds. The first kappa shape index (κ1) is 26.0. The van der Waals surface area contributed by atoms with Gasteiger partial charge in [-0.2, -0.15) is 0 Å². The Morgan fingerprint density at radius 3 is 2.06 bits per heavy atom. The summed E-state index contributed by atoms with van der Waals surface area (Å²) in [6.45, 7) is 0. The summed E-state index contributed by atoms with van der Waals surface area (Å²) in [7, 11) is 0. The van der Waals surface area contributed by atoms with Gasteiger partial charge in [-0.3, -0.25) is 9.59 Å². The van der Waals surface area contributed by atoms with Gasteiger partial charge < -0.3 is 16.4 Å². The van der Waals surface area contributed by atoms with Gasteiger partial charge in [0.05, 0.1) is 22.3 Å². The SMILES string of the molecule is Nc1c(F)ccc(NC(=O)c2c(F)ccc(NC(=O)[C@H]3[C@H](c4ccc(F)c(Cl)c4)C3(Cl)Cl)c2F)c1F. The number of carbonyl (C=O) groups is 2. The van der Waals surface area contributed by atoms with Crippen molar-refractivity contribution >= 4 is 63.7 Å². The van der Waals surface area contributed by atoms with Crippen LogP contribution in [0.25, 0.3) is 0 Å². The monoisotopic (exact) mass is 563 g/mol. The Bertz CT molecular complexity index is 1420. The lowest BCUT2D eigenvalue weighted by atomic mass is 10.1. The quantitative estimate of drug-likeness (QED) is 0.191. The minimum atomic E-state index is -1.64. The van der Waals surface area contributed by atoms with E-state index in [0.29, 0.717) is 11.6 Å². The second-order valence-electron chi connectivity index (χ2n) is 7.85. The normalized spacial score (nSPS) is 18.0. The van der Waals surface area contributed by atoms with Crippen LogP contribution in [0.4, 0.5) is 39.0 Å². The lowest BCUT2D eigenvalue weighted by Crippen LogP contribution is -2.21. The van der Waals surface area contributed by atoms with E-state index in [0.717, 1.165) is 24.3 Å². The first-order valence-electron chi connectivity index (χ1n) is 10.0. The molecule has 0 aromatic heterocycles. The average molecular weight is 565 g/mol. The van der Waals surface area contributed by atoms with Crippen LogP contribution >= 0.6 is 34.8 Å². The van der Waals surface area contributed by atoms with Gasteiger partial charge in [-0.25, -0.2) is 22.0 Å². The number of anilines is 3. The Morgan fingerprint density at radius 1 is 0.833 bits per heavy atom. The molecule has 0 unspecified atom stereocenters. The van der Waals surface area contributed by atoms with Crippen LogP contribution in [0, 0.1) is 35.0 Å². The van der Waals surface area contributed by atoms with Crippen molar-refractivity contribution in [3.63, 3.8) is 0 Å². The lowest BCUT2D eigenvalue weighted by Gasteiger charge is -2.12. The summed E-state index contributed by atoms with van der Waals surface area (Å²) in [6.07, 6.45) is 0. The van der Waals surface area contributed by atoms with Gasteiger partial charge in [0.2, 0.25) is 5.91 Å². The summed E-state index contributed by atoms with van der Waals surface area (Å²) in [5.74, 6) is -10.2. The Morgan fingerprint density at radius 2 is 1.42 bits per heavy atom. The third-order valence-electron chi connectivity index (χ3n) is 5.59. The Balaban J connectivity index is 1.57. The molecule has 36 heavy (non-hydrogen) atoms. The zero-order valence-corrected chi connectivity index (χ0v) is 19.9. The molecule has 1 aliphatic rings. The summed E-state index contributed by atoms with van der Waals surface area (Å²) in [5, 5.41) is 3.87. The number of carbonyl (C=O) groups excluding carboxylic acids is 2. The fourth-order valence-electron chi connectivity index (χ4n) is 3.69. The third kappa shape index (κ3) is 4.56. The van der Waals surface area contributed by atoms with Crippen molar-refractivity contribution in [3.8, 4) is 0 Å². The van der Waals surface area contributed by atoms with Crippen molar-refractivity contribution in [3.05, 3.63) is 87.7 Å². The van der Waals surface area contributed by atoms with E-state index in [1.54, 1.807) is 0 Å². The molecule has 5 nitrogen and oxygen atoms in total. The van der Waals surface area contributed by atoms with Crippen molar-refractivity contribution in [1.29, 1.82) is 0 Å². The molecular formula is C23H13Cl3F5N3O2. The maximum absolute atomic E-state index is 15.1. The van der Waals surface area contributed by atoms with E-state index in [9.17, 15) is 27.2 Å². The number of alkyl halides is 2. The largest absolute Gasteiger partial charge is 0.394 e. The maximum atomic E-state index is 15.1. The van der Waals surface area contributed by atoms with Gasteiger partial charge in [0.1, 0.15) is 33.0 Å². The van der Waals surface area contributed by atoms with Gasteiger partial charge in [-0.1, -0.05) is 17.7 Å². The highest BCUT2D eigenvalue weighted by Gasteiger charge is 2.67. The topological polar surface area (TPSA) is 84.2 Å². The van der Waals surface area contributed by atoms with Crippen LogP contribution in [0.3, 0.4) is 0 Å². The van der Waals surface area contributed by atoms with Crippen LogP contribution in [0.15, 0.2) is 42.5 Å². The molecule has 0 aliphatic heterocycles. The van der Waals surface area contributed by atoms with Crippen molar-refractivity contribution < 1.29 is 31.5 Å². The molecule has 0 saturated heterocycles. The summed E-state index contributed by atoms with van der Waals surface area (Å²) in [4.78, 5) is 25.3. The van der Waals surface area contributed by atoms with E-state index < -0.39 is 79.7 Å². The molecule has 3 aromatic carbocycles. The molecule has 1 aliphatic carbocycles. The van der Waals surface area contributed by atoms with Gasteiger partial charge in [-0.15, -0.1) is 23.2 Å². The first-order valence-corrected chi connectivity index (χ1v) is 11.1. The molecule has 0 heterocycles. The number of amides is 2. The molecule has 1 saturated carbocycles. The highest BCUT2D eigenvalue weighted by atomic mass is 35.5. The van der Waals surface area contributed by atoms with Gasteiger partial charge in [0.25, 0.3) is 5.91 Å². The minimum Gasteiger partial charge on any atom is -0.394 e. The van der Waals surface area contributed by atoms with Crippen LogP contribution in [0.1, 0.15) is 21.8 Å². The van der Waals surface area contributed by atoms with E-state index in [-0.39, 0.29) is 5.02 Å². The van der Waals surface area contributed by atoms with Crippen molar-refractivity contribution in [2.75, 3.05) is 16.4 Å². The maximum Gasteiger partial charge on any atom is 0.261 e. The number of hydrogen-bond donors (Lipinski definition) is 3. The van der Waals surface area contributed by atoms with E-state index in [1.807, 2.05) is 5.32 Å². The number of nitrogen functional groups attached to an aromatic ring is 1. The smallest absolute Gasteiger partial charge is 0.261 e. The molecule has 13 heteroatoms. The summed E-state index contributed by atoms with van der Waals surface area (Å²) in [5.41, 5.74) is 2.29. The highest BCUT2D eigenvalue weighted by Crippen LogP contribution is 2.65. The molecule has 188 valence electrons. The van der Waals surface area contributed by atoms with Crippen LogP contribution in [0.5, 0.6) is 0 Å². The predicted octanol–water partition coefficient (Wildman–Crippen LogP) is 6.40. The van der Waals surface area contributed by atoms with E-state index in [2.05, 4.69) is 5.32 Å². The number of halogens is 8. The summed E-state index contributed by atoms with van der Waals surface area (Å²) in [6, 6.07) is 6.76. The van der Waals surface area contributed by atoms with Gasteiger partial charge in [-0.05, 0) is 42.0 Å². The van der Waals surface area contributed by atoms with E-state index >= 15 is 4.39 Å². The number of benzene rings is 3. The Labute approximate surface area is 215 Å². The average Bonchev–Trinajstić information content (AvgIpc) is 3.40. The fraction of sp³-hybridized carbons (Fsp3) is 0.130. The minimum absolute atomic E-state index is 0.220. The van der Waals surface area contributed by atoms with Crippen LogP contribution in [-0.2, 0) is 4.79 Å². The third-order valence-corrected chi connectivity index (χ3v) is 6.82. The van der Waals surface area contributed by atoms with Gasteiger partial charge in [0.15, 0.2) is 11.6 Å². The van der Waals surface area contributed by atoms with Gasteiger partial charge in [0, 0.05) is 5.92 Å². The summed E-state index contributed by atoms with van der Waals surface area (Å²) >= 11 is 18.2. The molecule has 0 radical (unpaired) electrons. The van der Waals surface area contributed by atoms with E-state index in [4.69, 9.17) is 40.5 Å². The Hall–Kier alpha value is -3.08. The molecule has 4 N–H and O–H groups in total. The number of nitrogens with one attached hydrogen (secondary N) is 2. The lowest BCUT2D eigenvalue weighted by molar-refractivity contribution is -0.117. The molecular weight excluding hydrogens is 552 g/mol.